The summed E-state index contributed by atoms with van der Waals surface area (Å²) in [5.74, 6) is -3.27. The summed E-state index contributed by atoms with van der Waals surface area (Å²) in [6.07, 6.45) is 1.26. The molecule has 9 nitrogen and oxygen atoms in total. The Hall–Kier alpha value is -3.10. The van der Waals surface area contributed by atoms with Crippen LogP contribution in [0, 0.1) is 10.1 Å². The van der Waals surface area contributed by atoms with Crippen LogP contribution in [0.4, 0.5) is 5.82 Å². The van der Waals surface area contributed by atoms with Crippen LogP contribution >= 0.6 is 0 Å². The van der Waals surface area contributed by atoms with Crippen molar-refractivity contribution in [2.75, 3.05) is 0 Å². The van der Waals surface area contributed by atoms with Crippen LogP contribution in [0.1, 0.15) is 21.0 Å². The van der Waals surface area contributed by atoms with Gasteiger partial charge in [-0.15, -0.1) is 0 Å². The lowest BCUT2D eigenvalue weighted by Crippen LogP contribution is -2.12. The monoisotopic (exact) mass is 265 g/mol. The first-order valence-corrected chi connectivity index (χ1v) is 4.94. The van der Waals surface area contributed by atoms with E-state index in [0.29, 0.717) is 0 Å². The van der Waals surface area contributed by atoms with E-state index in [0.717, 1.165) is 16.7 Å². The molecule has 0 radical (unpaired) electrons. The lowest BCUT2D eigenvalue weighted by atomic mass is 10.3. The molecule has 0 saturated heterocycles. The highest BCUT2D eigenvalue weighted by atomic mass is 16.6. The van der Waals surface area contributed by atoms with E-state index in [9.17, 15) is 19.7 Å². The van der Waals surface area contributed by atoms with Gasteiger partial charge in [-0.25, -0.2) is 9.59 Å². The second-order valence-electron chi connectivity index (χ2n) is 3.52. The van der Waals surface area contributed by atoms with E-state index < -0.39 is 28.4 Å². The van der Waals surface area contributed by atoms with E-state index in [1.807, 2.05) is 0 Å². The molecule has 0 aliphatic rings. The Labute approximate surface area is 104 Å². The predicted molar refractivity (Wildman–Crippen MR) is 60.7 cm³/mol. The number of aromatic carboxylic acids is 2. The molecule has 0 aromatic carbocycles. The van der Waals surface area contributed by atoms with Gasteiger partial charge >= 0.3 is 17.8 Å². The molecule has 0 bridgehead atoms. The van der Waals surface area contributed by atoms with Crippen molar-refractivity contribution in [1.29, 1.82) is 0 Å². The van der Waals surface area contributed by atoms with Crippen LogP contribution in [-0.2, 0) is 0 Å². The minimum absolute atomic E-state index is 0.110. The third-order valence-corrected chi connectivity index (χ3v) is 2.45. The maximum absolute atomic E-state index is 11.0. The first-order chi connectivity index (χ1) is 8.93. The van der Waals surface area contributed by atoms with Crippen molar-refractivity contribution in [2.45, 2.75) is 0 Å². The molecule has 98 valence electrons. The number of carboxylic acid groups (broad SMARTS) is 2. The number of carboxylic acids is 2. The molecule has 2 aromatic rings. The summed E-state index contributed by atoms with van der Waals surface area (Å²) >= 11 is 0. The summed E-state index contributed by atoms with van der Waals surface area (Å²) in [6.45, 7) is 0. The molecular formula is C10H7N3O6. The van der Waals surface area contributed by atoms with Crippen molar-refractivity contribution in [3.63, 3.8) is 0 Å². The second-order valence-corrected chi connectivity index (χ2v) is 3.52. The van der Waals surface area contributed by atoms with E-state index in [1.165, 1.54) is 12.3 Å². The summed E-state index contributed by atoms with van der Waals surface area (Å²) in [4.78, 5) is 34.5. The van der Waals surface area contributed by atoms with Crippen molar-refractivity contribution < 1.29 is 24.7 Å². The van der Waals surface area contributed by atoms with Crippen LogP contribution in [0.25, 0.3) is 5.69 Å². The number of H-pyrrole nitrogens is 1. The number of rotatable bonds is 4. The Morgan fingerprint density at radius 2 is 1.89 bits per heavy atom. The van der Waals surface area contributed by atoms with Crippen molar-refractivity contribution in [2.24, 2.45) is 0 Å². The number of hydrogen-bond donors (Lipinski definition) is 3. The Balaban J connectivity index is 2.75. The molecule has 0 saturated carbocycles. The van der Waals surface area contributed by atoms with E-state index in [2.05, 4.69) is 4.98 Å². The average molecular weight is 265 g/mol. The maximum Gasteiger partial charge on any atom is 0.376 e. The number of aromatic amines is 1. The largest absolute Gasteiger partial charge is 0.476 e. The van der Waals surface area contributed by atoms with Crippen LogP contribution in [0.5, 0.6) is 0 Å². The number of nitrogens with one attached hydrogen (secondary N) is 1. The second kappa shape index (κ2) is 4.29. The van der Waals surface area contributed by atoms with Gasteiger partial charge in [-0.3, -0.25) is 0 Å². The fourth-order valence-electron chi connectivity index (χ4n) is 1.71. The van der Waals surface area contributed by atoms with Crippen LogP contribution in [0.2, 0.25) is 0 Å². The smallest absolute Gasteiger partial charge is 0.376 e. The van der Waals surface area contributed by atoms with E-state index in [4.69, 9.17) is 10.2 Å². The number of carbonyl (C=O) groups is 2. The minimum atomic E-state index is -1.40. The van der Waals surface area contributed by atoms with E-state index >= 15 is 0 Å². The molecule has 0 unspecified atom stereocenters. The number of nitrogens with zero attached hydrogens (tertiary/aromatic N) is 2. The third kappa shape index (κ3) is 1.92. The number of hydrogen-bond acceptors (Lipinski definition) is 4. The van der Waals surface area contributed by atoms with Crippen molar-refractivity contribution >= 4 is 17.8 Å². The number of aromatic nitrogens is 2. The fraction of sp³-hybridized carbons (Fsp3) is 0. The van der Waals surface area contributed by atoms with E-state index in [-0.39, 0.29) is 11.4 Å². The third-order valence-electron chi connectivity index (χ3n) is 2.45. The van der Waals surface area contributed by atoms with Gasteiger partial charge < -0.3 is 25.3 Å². The normalized spacial score (nSPS) is 10.3. The van der Waals surface area contributed by atoms with Crippen molar-refractivity contribution in [1.82, 2.24) is 9.55 Å². The Kier molecular flexibility index (Phi) is 2.79. The quantitative estimate of drug-likeness (QED) is 0.559. The summed E-state index contributed by atoms with van der Waals surface area (Å²) < 4.78 is 0.766. The predicted octanol–water partition coefficient (Wildman–Crippen LogP) is 1.11. The molecule has 2 rings (SSSR count). The molecule has 9 heteroatoms. The number of nitro groups is 1. The Bertz CT molecular complexity index is 652. The molecule has 0 fully saturated rings. The molecule has 19 heavy (non-hydrogen) atoms. The molecular weight excluding hydrogens is 258 g/mol. The Morgan fingerprint density at radius 1 is 1.21 bits per heavy atom. The van der Waals surface area contributed by atoms with Gasteiger partial charge in [0.25, 0.3) is 0 Å². The van der Waals surface area contributed by atoms with Crippen LogP contribution < -0.4 is 0 Å². The molecule has 2 aromatic heterocycles. The highest BCUT2D eigenvalue weighted by molar-refractivity contribution is 5.92. The van der Waals surface area contributed by atoms with Gasteiger partial charge in [-0.1, -0.05) is 0 Å². The average Bonchev–Trinajstić information content (AvgIpc) is 2.94. The standard InChI is InChI=1S/C10H7N3O6/c14-9(15)6-1-2-7(13(18)19)12(6)5-3-4-11-8(5)10(16)17/h1-4,11H,(H,14,15)(H,16,17). The topological polar surface area (TPSA) is 138 Å². The van der Waals surface area contributed by atoms with Gasteiger partial charge in [0, 0.05) is 24.4 Å². The zero-order chi connectivity index (χ0) is 14.2. The van der Waals surface area contributed by atoms with Gasteiger partial charge in [0.1, 0.15) is 0 Å². The summed E-state index contributed by atoms with van der Waals surface area (Å²) in [5, 5.41) is 28.8. The van der Waals surface area contributed by atoms with Gasteiger partial charge in [-0.2, -0.15) is 4.57 Å². The van der Waals surface area contributed by atoms with Crippen LogP contribution in [0.15, 0.2) is 24.4 Å². The summed E-state index contributed by atoms with van der Waals surface area (Å²) in [7, 11) is 0. The molecule has 0 aliphatic heterocycles. The molecule has 0 spiro atoms. The zero-order valence-corrected chi connectivity index (χ0v) is 9.23. The SMILES string of the molecule is O=C(O)c1[nH]ccc1-n1c(C(=O)O)ccc1[N+](=O)[O-]. The van der Waals surface area contributed by atoms with Crippen molar-refractivity contribution in [3.05, 3.63) is 45.9 Å². The molecule has 2 heterocycles. The molecule has 0 atom stereocenters. The van der Waals surface area contributed by atoms with Gasteiger partial charge in [0.2, 0.25) is 5.69 Å². The summed E-state index contributed by atoms with van der Waals surface area (Å²) in [5.41, 5.74) is -0.836. The lowest BCUT2D eigenvalue weighted by Gasteiger charge is -2.02. The lowest BCUT2D eigenvalue weighted by molar-refractivity contribution is -0.390. The van der Waals surface area contributed by atoms with Gasteiger partial charge in [0.05, 0.1) is 0 Å². The van der Waals surface area contributed by atoms with Gasteiger partial charge in [-0.05, 0) is 4.92 Å². The fourth-order valence-corrected chi connectivity index (χ4v) is 1.71. The van der Waals surface area contributed by atoms with Crippen molar-refractivity contribution in [3.8, 4) is 5.69 Å². The minimum Gasteiger partial charge on any atom is -0.476 e. The molecule has 0 amide bonds. The maximum atomic E-state index is 11.0. The first kappa shape index (κ1) is 12.4. The van der Waals surface area contributed by atoms with Crippen LogP contribution in [0.3, 0.4) is 0 Å². The highest BCUT2D eigenvalue weighted by Gasteiger charge is 2.29. The molecule has 3 N–H and O–H groups in total. The summed E-state index contributed by atoms with van der Waals surface area (Å²) in [6, 6.07) is 3.30. The first-order valence-electron chi connectivity index (χ1n) is 4.94. The molecule has 0 aliphatic carbocycles. The van der Waals surface area contributed by atoms with E-state index in [1.54, 1.807) is 0 Å². The zero-order valence-electron chi connectivity index (χ0n) is 9.23. The van der Waals surface area contributed by atoms with Gasteiger partial charge in [0.15, 0.2) is 11.4 Å². The highest BCUT2D eigenvalue weighted by Crippen LogP contribution is 2.25. The Morgan fingerprint density at radius 3 is 2.42 bits per heavy atom. The van der Waals surface area contributed by atoms with Crippen LogP contribution in [-0.4, -0.2) is 36.6 Å².